The number of nitrogens with zero attached hydrogens (tertiary/aromatic N) is 2. The highest BCUT2D eigenvalue weighted by atomic mass is 16.3. The van der Waals surface area contributed by atoms with Crippen molar-refractivity contribution in [3.05, 3.63) is 17.5 Å². The number of aromatic nitrogens is 2. The van der Waals surface area contributed by atoms with Gasteiger partial charge in [-0.3, -0.25) is 4.68 Å². The maximum atomic E-state index is 9.12. The predicted octanol–water partition coefficient (Wildman–Crippen LogP) is 2.42. The van der Waals surface area contributed by atoms with Crippen LogP contribution in [0.1, 0.15) is 62.7 Å². The maximum absolute atomic E-state index is 9.12. The van der Waals surface area contributed by atoms with Gasteiger partial charge in [0.05, 0.1) is 19.3 Å². The minimum absolute atomic E-state index is 0.171. The van der Waals surface area contributed by atoms with Crippen LogP contribution in [0.2, 0.25) is 0 Å². The molecule has 0 saturated heterocycles. The molecule has 1 fully saturated rings. The van der Waals surface area contributed by atoms with Crippen LogP contribution in [-0.4, -0.2) is 27.5 Å². The van der Waals surface area contributed by atoms with Crippen molar-refractivity contribution in [1.82, 2.24) is 15.1 Å². The van der Waals surface area contributed by atoms with Crippen molar-refractivity contribution in [2.24, 2.45) is 5.92 Å². The summed E-state index contributed by atoms with van der Waals surface area (Å²) >= 11 is 0. The molecule has 0 amide bonds. The zero-order valence-electron chi connectivity index (χ0n) is 12.5. The first kappa shape index (κ1) is 14.1. The van der Waals surface area contributed by atoms with Crippen LogP contribution in [0.25, 0.3) is 0 Å². The minimum atomic E-state index is 0.171. The lowest BCUT2D eigenvalue weighted by Crippen LogP contribution is -2.37. The Bertz CT molecular complexity index is 437. The van der Waals surface area contributed by atoms with Crippen molar-refractivity contribution in [2.45, 2.75) is 70.5 Å². The van der Waals surface area contributed by atoms with Gasteiger partial charge in [0.15, 0.2) is 0 Å². The van der Waals surface area contributed by atoms with Crippen LogP contribution in [0.5, 0.6) is 0 Å². The van der Waals surface area contributed by atoms with Crippen LogP contribution >= 0.6 is 0 Å². The standard InChI is InChI=1S/C16H27N3O/c1-12(13-5-2-3-6-13)18-15-7-4-8-16-14(15)11-17-19(16)9-10-20/h11-13,15,18,20H,2-10H2,1H3. The van der Waals surface area contributed by atoms with Crippen LogP contribution < -0.4 is 5.32 Å². The summed E-state index contributed by atoms with van der Waals surface area (Å²) in [4.78, 5) is 0. The van der Waals surface area contributed by atoms with E-state index >= 15 is 0 Å². The van der Waals surface area contributed by atoms with E-state index in [9.17, 15) is 0 Å². The van der Waals surface area contributed by atoms with Gasteiger partial charge in [-0.25, -0.2) is 0 Å². The summed E-state index contributed by atoms with van der Waals surface area (Å²) in [6.45, 7) is 3.15. The van der Waals surface area contributed by atoms with Crippen molar-refractivity contribution in [2.75, 3.05) is 6.61 Å². The summed E-state index contributed by atoms with van der Waals surface area (Å²) in [6, 6.07) is 1.07. The third-order valence-corrected chi connectivity index (χ3v) is 5.15. The fraction of sp³-hybridized carbons (Fsp3) is 0.812. The highest BCUT2D eigenvalue weighted by Gasteiger charge is 2.28. The number of rotatable bonds is 5. The first-order valence-electron chi connectivity index (χ1n) is 8.21. The molecule has 4 heteroatoms. The molecule has 4 nitrogen and oxygen atoms in total. The lowest BCUT2D eigenvalue weighted by molar-refractivity contribution is 0.265. The molecule has 0 aliphatic heterocycles. The summed E-state index contributed by atoms with van der Waals surface area (Å²) in [6.07, 6.45) is 11.1. The molecular weight excluding hydrogens is 250 g/mol. The summed E-state index contributed by atoms with van der Waals surface area (Å²) in [7, 11) is 0. The second-order valence-corrected chi connectivity index (χ2v) is 6.44. The molecule has 0 aromatic carbocycles. The monoisotopic (exact) mass is 277 g/mol. The summed E-state index contributed by atoms with van der Waals surface area (Å²) < 4.78 is 1.99. The van der Waals surface area contributed by atoms with E-state index in [-0.39, 0.29) is 6.61 Å². The van der Waals surface area contributed by atoms with Crippen molar-refractivity contribution in [3.63, 3.8) is 0 Å². The molecule has 1 aromatic rings. The first-order valence-corrected chi connectivity index (χ1v) is 8.21. The van der Waals surface area contributed by atoms with Gasteiger partial charge in [-0.15, -0.1) is 0 Å². The van der Waals surface area contributed by atoms with E-state index in [1.807, 2.05) is 10.9 Å². The zero-order valence-corrected chi connectivity index (χ0v) is 12.5. The van der Waals surface area contributed by atoms with Gasteiger partial charge in [-0.2, -0.15) is 5.10 Å². The fourth-order valence-corrected chi connectivity index (χ4v) is 3.99. The van der Waals surface area contributed by atoms with E-state index in [1.165, 1.54) is 49.8 Å². The summed E-state index contributed by atoms with van der Waals surface area (Å²) in [5.74, 6) is 0.855. The fourth-order valence-electron chi connectivity index (χ4n) is 3.99. The Morgan fingerprint density at radius 2 is 2.15 bits per heavy atom. The average Bonchev–Trinajstić information content (AvgIpc) is 3.09. The Hall–Kier alpha value is -0.870. The quantitative estimate of drug-likeness (QED) is 0.869. The van der Waals surface area contributed by atoms with Crippen molar-refractivity contribution < 1.29 is 5.11 Å². The second-order valence-electron chi connectivity index (χ2n) is 6.44. The largest absolute Gasteiger partial charge is 0.394 e. The molecule has 2 aliphatic carbocycles. The molecule has 2 atom stereocenters. The molecule has 0 spiro atoms. The molecule has 2 aliphatic rings. The lowest BCUT2D eigenvalue weighted by Gasteiger charge is -2.30. The Kier molecular flexibility index (Phi) is 4.41. The molecule has 3 rings (SSSR count). The molecule has 0 bridgehead atoms. The summed E-state index contributed by atoms with van der Waals surface area (Å²) in [5, 5.41) is 17.4. The second kappa shape index (κ2) is 6.27. The van der Waals surface area contributed by atoms with Crippen molar-refractivity contribution in [1.29, 1.82) is 0 Å². The van der Waals surface area contributed by atoms with Gasteiger partial charge in [-0.1, -0.05) is 12.8 Å². The molecule has 2 N–H and O–H groups in total. The predicted molar refractivity (Wildman–Crippen MR) is 79.5 cm³/mol. The van der Waals surface area contributed by atoms with Crippen LogP contribution in [0, 0.1) is 5.92 Å². The first-order chi connectivity index (χ1) is 9.79. The van der Waals surface area contributed by atoms with Gasteiger partial charge in [0.2, 0.25) is 0 Å². The smallest absolute Gasteiger partial charge is 0.0644 e. The Labute approximate surface area is 121 Å². The normalized spacial score (nSPS) is 24.8. The number of nitrogens with one attached hydrogen (secondary N) is 1. The van der Waals surface area contributed by atoms with Crippen LogP contribution in [-0.2, 0) is 13.0 Å². The summed E-state index contributed by atoms with van der Waals surface area (Å²) in [5.41, 5.74) is 2.70. The number of hydrogen-bond acceptors (Lipinski definition) is 3. The van der Waals surface area contributed by atoms with Gasteiger partial charge >= 0.3 is 0 Å². The van der Waals surface area contributed by atoms with Gasteiger partial charge in [0.25, 0.3) is 0 Å². The molecule has 1 heterocycles. The highest BCUT2D eigenvalue weighted by Crippen LogP contribution is 2.33. The number of fused-ring (bicyclic) bond motifs is 1. The number of aliphatic hydroxyl groups excluding tert-OH is 1. The van der Waals surface area contributed by atoms with E-state index in [0.29, 0.717) is 18.6 Å². The molecule has 112 valence electrons. The molecule has 1 aromatic heterocycles. The van der Waals surface area contributed by atoms with E-state index < -0.39 is 0 Å². The van der Waals surface area contributed by atoms with Crippen molar-refractivity contribution >= 4 is 0 Å². The van der Waals surface area contributed by atoms with Gasteiger partial charge in [-0.05, 0) is 44.9 Å². The maximum Gasteiger partial charge on any atom is 0.0644 e. The number of hydrogen-bond donors (Lipinski definition) is 2. The van der Waals surface area contributed by atoms with Crippen molar-refractivity contribution in [3.8, 4) is 0 Å². The topological polar surface area (TPSA) is 50.1 Å². The third-order valence-electron chi connectivity index (χ3n) is 5.15. The van der Waals surface area contributed by atoms with Crippen LogP contribution in [0.4, 0.5) is 0 Å². The van der Waals surface area contributed by atoms with Gasteiger partial charge < -0.3 is 10.4 Å². The molecular formula is C16H27N3O. The molecule has 20 heavy (non-hydrogen) atoms. The van der Waals surface area contributed by atoms with E-state index in [1.54, 1.807) is 0 Å². The minimum Gasteiger partial charge on any atom is -0.394 e. The van der Waals surface area contributed by atoms with E-state index in [0.717, 1.165) is 12.3 Å². The Morgan fingerprint density at radius 3 is 2.90 bits per heavy atom. The molecule has 0 radical (unpaired) electrons. The average molecular weight is 277 g/mol. The SMILES string of the molecule is CC(NC1CCCc2c1cnn2CCO)C1CCCC1. The van der Waals surface area contributed by atoms with Gasteiger partial charge in [0.1, 0.15) is 0 Å². The Balaban J connectivity index is 1.69. The van der Waals surface area contributed by atoms with E-state index in [4.69, 9.17) is 5.11 Å². The van der Waals surface area contributed by atoms with Crippen LogP contribution in [0.15, 0.2) is 6.20 Å². The molecule has 2 unspecified atom stereocenters. The number of aliphatic hydroxyl groups is 1. The zero-order chi connectivity index (χ0) is 13.9. The van der Waals surface area contributed by atoms with Crippen LogP contribution in [0.3, 0.4) is 0 Å². The van der Waals surface area contributed by atoms with Gasteiger partial charge in [0, 0.05) is 23.3 Å². The molecule has 1 saturated carbocycles. The Morgan fingerprint density at radius 1 is 1.35 bits per heavy atom. The van der Waals surface area contributed by atoms with E-state index in [2.05, 4.69) is 17.3 Å². The highest BCUT2D eigenvalue weighted by molar-refractivity contribution is 5.25. The lowest BCUT2D eigenvalue weighted by atomic mass is 9.90. The third kappa shape index (κ3) is 2.77.